The minimum absolute atomic E-state index is 0.0263. The number of hydrogen-bond donors (Lipinski definition) is 3. The number of rotatable bonds is 5. The van der Waals surface area contributed by atoms with E-state index in [1.807, 2.05) is 10.6 Å². The fourth-order valence-corrected chi connectivity index (χ4v) is 2.16. The van der Waals surface area contributed by atoms with Crippen molar-refractivity contribution in [1.82, 2.24) is 5.32 Å². The number of methoxy groups -OCH3 is 1. The standard InChI is InChI=1S/C17H14F5N3O3/c1-28-14(26)16(17(20,21)22,24-13-8-4-11(19)5-9-13)25-15(27)23-12-6-2-10(18)3-7-12/h2-9,24H,1H3,(H2,23,25,27)/t16-/m0/s1. The van der Waals surface area contributed by atoms with Crippen molar-refractivity contribution in [3.8, 4) is 0 Å². The van der Waals surface area contributed by atoms with Crippen molar-refractivity contribution in [1.29, 1.82) is 0 Å². The van der Waals surface area contributed by atoms with Gasteiger partial charge in [-0.05, 0) is 48.5 Å². The van der Waals surface area contributed by atoms with Crippen LogP contribution in [0.3, 0.4) is 0 Å². The summed E-state index contributed by atoms with van der Waals surface area (Å²) in [6, 6.07) is 6.35. The maximum atomic E-state index is 13.8. The number of nitrogens with one attached hydrogen (secondary N) is 3. The summed E-state index contributed by atoms with van der Waals surface area (Å²) >= 11 is 0. The number of amides is 2. The second kappa shape index (κ2) is 8.11. The molecule has 0 fully saturated rings. The van der Waals surface area contributed by atoms with Crippen LogP contribution in [0.25, 0.3) is 0 Å². The average molecular weight is 403 g/mol. The first kappa shape index (κ1) is 20.9. The molecule has 2 aromatic carbocycles. The molecular formula is C17H14F5N3O3. The van der Waals surface area contributed by atoms with Crippen LogP contribution in [0.5, 0.6) is 0 Å². The highest BCUT2D eigenvalue weighted by Crippen LogP contribution is 2.33. The quantitative estimate of drug-likeness (QED) is 0.405. The monoisotopic (exact) mass is 403 g/mol. The van der Waals surface area contributed by atoms with Gasteiger partial charge in [0.15, 0.2) is 0 Å². The summed E-state index contributed by atoms with van der Waals surface area (Å²) in [5.74, 6) is -3.20. The number of urea groups is 1. The molecule has 0 heterocycles. The predicted octanol–water partition coefficient (Wildman–Crippen LogP) is 3.63. The van der Waals surface area contributed by atoms with Gasteiger partial charge in [0.25, 0.3) is 0 Å². The van der Waals surface area contributed by atoms with Crippen LogP contribution < -0.4 is 16.0 Å². The van der Waals surface area contributed by atoms with Crippen LogP contribution in [-0.4, -0.2) is 30.9 Å². The second-order valence-electron chi connectivity index (χ2n) is 5.46. The molecule has 150 valence electrons. The molecule has 28 heavy (non-hydrogen) atoms. The lowest BCUT2D eigenvalue weighted by molar-refractivity contribution is -0.202. The molecule has 0 aliphatic carbocycles. The Kier molecular flexibility index (Phi) is 6.06. The van der Waals surface area contributed by atoms with Gasteiger partial charge in [-0.3, -0.25) is 5.32 Å². The summed E-state index contributed by atoms with van der Waals surface area (Å²) in [4.78, 5) is 24.1. The van der Waals surface area contributed by atoms with E-state index in [9.17, 15) is 31.5 Å². The Hall–Kier alpha value is -3.37. The topological polar surface area (TPSA) is 79.5 Å². The third kappa shape index (κ3) is 4.67. The number of benzene rings is 2. The normalized spacial score (nSPS) is 13.2. The zero-order valence-corrected chi connectivity index (χ0v) is 14.2. The van der Waals surface area contributed by atoms with Gasteiger partial charge in [0.2, 0.25) is 0 Å². The van der Waals surface area contributed by atoms with E-state index in [-0.39, 0.29) is 11.4 Å². The molecule has 3 N–H and O–H groups in total. The molecule has 6 nitrogen and oxygen atoms in total. The summed E-state index contributed by atoms with van der Waals surface area (Å²) in [6.07, 6.45) is -5.35. The van der Waals surface area contributed by atoms with Gasteiger partial charge in [0.1, 0.15) is 11.6 Å². The number of alkyl halides is 3. The third-order valence-electron chi connectivity index (χ3n) is 3.50. The van der Waals surface area contributed by atoms with Gasteiger partial charge in [0, 0.05) is 11.4 Å². The summed E-state index contributed by atoms with van der Waals surface area (Å²) in [5, 5.41) is 5.38. The zero-order valence-electron chi connectivity index (χ0n) is 14.2. The number of carbonyl (C=O) groups is 2. The highest BCUT2D eigenvalue weighted by atomic mass is 19.4. The number of esters is 1. The Labute approximate surface area is 155 Å². The predicted molar refractivity (Wildman–Crippen MR) is 89.4 cm³/mol. The SMILES string of the molecule is COC(=O)[C@@](NC(=O)Nc1ccc(F)cc1)(Nc1ccc(F)cc1)C(F)(F)F. The Balaban J connectivity index is 2.35. The van der Waals surface area contributed by atoms with Crippen LogP contribution in [0.1, 0.15) is 0 Å². The molecule has 2 aromatic rings. The first-order chi connectivity index (χ1) is 13.1. The summed E-state index contributed by atoms with van der Waals surface area (Å²) in [7, 11) is 0.703. The molecule has 0 aliphatic rings. The lowest BCUT2D eigenvalue weighted by atomic mass is 10.1. The number of halogens is 5. The summed E-state index contributed by atoms with van der Waals surface area (Å²) < 4.78 is 71.5. The van der Waals surface area contributed by atoms with E-state index in [0.29, 0.717) is 7.11 Å². The van der Waals surface area contributed by atoms with Crippen LogP contribution in [0, 0.1) is 11.6 Å². The van der Waals surface area contributed by atoms with Gasteiger partial charge in [-0.2, -0.15) is 13.2 Å². The molecule has 1 atom stereocenters. The highest BCUT2D eigenvalue weighted by Gasteiger charge is 2.63. The van der Waals surface area contributed by atoms with E-state index < -0.39 is 35.5 Å². The van der Waals surface area contributed by atoms with Crippen LogP contribution >= 0.6 is 0 Å². The van der Waals surface area contributed by atoms with Crippen LogP contribution in [-0.2, 0) is 9.53 Å². The molecule has 0 unspecified atom stereocenters. The Bertz CT molecular complexity index is 841. The lowest BCUT2D eigenvalue weighted by Crippen LogP contribution is -2.69. The second-order valence-corrected chi connectivity index (χ2v) is 5.46. The molecule has 2 rings (SSSR count). The van der Waals surface area contributed by atoms with Crippen molar-refractivity contribution in [2.75, 3.05) is 17.7 Å². The van der Waals surface area contributed by atoms with Gasteiger partial charge in [-0.15, -0.1) is 0 Å². The van der Waals surface area contributed by atoms with Crippen LogP contribution in [0.4, 0.5) is 38.1 Å². The van der Waals surface area contributed by atoms with Crippen molar-refractivity contribution in [3.63, 3.8) is 0 Å². The maximum Gasteiger partial charge on any atom is 0.441 e. The van der Waals surface area contributed by atoms with Gasteiger partial charge in [-0.25, -0.2) is 18.4 Å². The highest BCUT2D eigenvalue weighted by molar-refractivity contribution is 5.96. The zero-order chi connectivity index (χ0) is 20.9. The minimum Gasteiger partial charge on any atom is -0.466 e. The van der Waals surface area contributed by atoms with E-state index >= 15 is 0 Å². The minimum atomic E-state index is -5.35. The van der Waals surface area contributed by atoms with E-state index in [1.165, 1.54) is 5.32 Å². The lowest BCUT2D eigenvalue weighted by Gasteiger charge is -2.35. The smallest absolute Gasteiger partial charge is 0.441 e. The molecule has 0 spiro atoms. The number of carbonyl (C=O) groups excluding carboxylic acids is 2. The Morgan fingerprint density at radius 1 is 0.857 bits per heavy atom. The first-order valence-electron chi connectivity index (χ1n) is 7.61. The van der Waals surface area contributed by atoms with E-state index in [0.717, 1.165) is 48.5 Å². The van der Waals surface area contributed by atoms with Gasteiger partial charge in [0.05, 0.1) is 7.11 Å². The van der Waals surface area contributed by atoms with Crippen molar-refractivity contribution >= 4 is 23.4 Å². The van der Waals surface area contributed by atoms with Gasteiger partial charge >= 0.3 is 23.8 Å². The fourth-order valence-electron chi connectivity index (χ4n) is 2.16. The van der Waals surface area contributed by atoms with Crippen LogP contribution in [0.15, 0.2) is 48.5 Å². The fraction of sp³-hybridized carbons (Fsp3) is 0.176. The summed E-state index contributed by atoms with van der Waals surface area (Å²) in [6.45, 7) is 0. The molecule has 0 radical (unpaired) electrons. The molecule has 11 heteroatoms. The number of anilines is 2. The molecule has 2 amide bonds. The van der Waals surface area contributed by atoms with E-state index in [2.05, 4.69) is 4.74 Å². The first-order valence-corrected chi connectivity index (χ1v) is 7.61. The van der Waals surface area contributed by atoms with Crippen LogP contribution in [0.2, 0.25) is 0 Å². The van der Waals surface area contributed by atoms with E-state index in [4.69, 9.17) is 0 Å². The van der Waals surface area contributed by atoms with Crippen molar-refractivity contribution in [2.45, 2.75) is 11.8 Å². The van der Waals surface area contributed by atoms with Gasteiger partial charge < -0.3 is 15.4 Å². The van der Waals surface area contributed by atoms with Crippen molar-refractivity contribution in [3.05, 3.63) is 60.2 Å². The number of ether oxygens (including phenoxy) is 1. The maximum absolute atomic E-state index is 13.8. The third-order valence-corrected chi connectivity index (χ3v) is 3.50. The molecule has 0 saturated heterocycles. The number of hydrogen-bond acceptors (Lipinski definition) is 4. The molecule has 0 aromatic heterocycles. The summed E-state index contributed by atoms with van der Waals surface area (Å²) in [5.41, 5.74) is -4.02. The van der Waals surface area contributed by atoms with Crippen molar-refractivity contribution in [2.24, 2.45) is 0 Å². The Morgan fingerprint density at radius 2 is 1.32 bits per heavy atom. The molecular weight excluding hydrogens is 389 g/mol. The molecule has 0 aliphatic heterocycles. The molecule has 0 bridgehead atoms. The Morgan fingerprint density at radius 3 is 1.75 bits per heavy atom. The van der Waals surface area contributed by atoms with Crippen molar-refractivity contribution < 1.29 is 36.3 Å². The van der Waals surface area contributed by atoms with E-state index in [1.54, 1.807) is 0 Å². The largest absolute Gasteiger partial charge is 0.466 e. The molecule has 0 saturated carbocycles. The van der Waals surface area contributed by atoms with Gasteiger partial charge in [-0.1, -0.05) is 0 Å². The average Bonchev–Trinajstić information content (AvgIpc) is 2.63.